The standard InChI is InChI=1S/C14H21ClN2O3S/c15-10-13-4-5-14(20-13)21(18,19)17-9-6-12(11-17)16-7-2-1-3-8-16/h4-5,12H,1-3,6-11H2. The zero-order valence-electron chi connectivity index (χ0n) is 12.0. The minimum atomic E-state index is -3.52. The molecule has 0 spiro atoms. The molecule has 118 valence electrons. The number of likely N-dealkylation sites (tertiary alicyclic amines) is 1. The van der Waals surface area contributed by atoms with E-state index in [1.54, 1.807) is 10.4 Å². The summed E-state index contributed by atoms with van der Waals surface area (Å²) in [4.78, 5) is 2.44. The van der Waals surface area contributed by atoms with Gasteiger partial charge in [-0.2, -0.15) is 4.31 Å². The Morgan fingerprint density at radius 1 is 1.19 bits per heavy atom. The number of rotatable bonds is 4. The summed E-state index contributed by atoms with van der Waals surface area (Å²) < 4.78 is 32.0. The van der Waals surface area contributed by atoms with Gasteiger partial charge in [-0.25, -0.2) is 8.42 Å². The van der Waals surface area contributed by atoms with E-state index < -0.39 is 10.0 Å². The fraction of sp³-hybridized carbons (Fsp3) is 0.714. The van der Waals surface area contributed by atoms with E-state index in [4.69, 9.17) is 16.0 Å². The summed E-state index contributed by atoms with van der Waals surface area (Å²) in [5, 5.41) is 0.0115. The second-order valence-corrected chi connectivity index (χ2v) is 7.89. The van der Waals surface area contributed by atoms with Crippen LogP contribution in [0.2, 0.25) is 0 Å². The van der Waals surface area contributed by atoms with Crippen LogP contribution in [0, 0.1) is 0 Å². The van der Waals surface area contributed by atoms with Crippen LogP contribution >= 0.6 is 11.6 Å². The lowest BCUT2D eigenvalue weighted by atomic mass is 10.1. The van der Waals surface area contributed by atoms with E-state index in [9.17, 15) is 8.42 Å². The Bertz CT molecular complexity index is 581. The molecular weight excluding hydrogens is 312 g/mol. The van der Waals surface area contributed by atoms with Crippen molar-refractivity contribution in [3.05, 3.63) is 17.9 Å². The molecule has 3 heterocycles. The molecule has 3 rings (SSSR count). The van der Waals surface area contributed by atoms with Gasteiger partial charge in [-0.15, -0.1) is 11.6 Å². The van der Waals surface area contributed by atoms with Crippen molar-refractivity contribution >= 4 is 21.6 Å². The Labute approximate surface area is 130 Å². The summed E-state index contributed by atoms with van der Waals surface area (Å²) in [6.07, 6.45) is 4.64. The maximum Gasteiger partial charge on any atom is 0.276 e. The number of nitrogens with zero attached hydrogens (tertiary/aromatic N) is 2. The third-order valence-electron chi connectivity index (χ3n) is 4.40. The number of furan rings is 1. The van der Waals surface area contributed by atoms with Crippen LogP contribution < -0.4 is 0 Å². The SMILES string of the molecule is O=S(=O)(c1ccc(CCl)o1)N1CCC(N2CCCCC2)C1. The summed E-state index contributed by atoms with van der Waals surface area (Å²) in [5.41, 5.74) is 0. The first-order chi connectivity index (χ1) is 10.1. The summed E-state index contributed by atoms with van der Waals surface area (Å²) in [6.45, 7) is 3.32. The van der Waals surface area contributed by atoms with Gasteiger partial charge < -0.3 is 4.42 Å². The molecule has 5 nitrogen and oxygen atoms in total. The zero-order valence-corrected chi connectivity index (χ0v) is 13.6. The fourth-order valence-electron chi connectivity index (χ4n) is 3.21. The van der Waals surface area contributed by atoms with Gasteiger partial charge in [0, 0.05) is 19.1 Å². The molecule has 21 heavy (non-hydrogen) atoms. The Kier molecular flexibility index (Phi) is 4.59. The van der Waals surface area contributed by atoms with E-state index in [1.807, 2.05) is 0 Å². The molecule has 0 radical (unpaired) electrons. The summed E-state index contributed by atoms with van der Waals surface area (Å²) in [5.74, 6) is 0.674. The maximum atomic E-state index is 12.6. The van der Waals surface area contributed by atoms with E-state index in [0.29, 0.717) is 24.9 Å². The summed E-state index contributed by atoms with van der Waals surface area (Å²) in [7, 11) is -3.52. The Hall–Kier alpha value is -0.560. The highest BCUT2D eigenvalue weighted by Crippen LogP contribution is 2.26. The van der Waals surface area contributed by atoms with Crippen molar-refractivity contribution < 1.29 is 12.8 Å². The Morgan fingerprint density at radius 3 is 2.62 bits per heavy atom. The third-order valence-corrected chi connectivity index (χ3v) is 6.40. The van der Waals surface area contributed by atoms with Gasteiger partial charge in [0.05, 0.1) is 5.88 Å². The first-order valence-electron chi connectivity index (χ1n) is 7.50. The minimum Gasteiger partial charge on any atom is -0.447 e. The number of halogens is 1. The lowest BCUT2D eigenvalue weighted by Crippen LogP contribution is -2.41. The molecule has 1 aromatic rings. The number of hydrogen-bond donors (Lipinski definition) is 0. The van der Waals surface area contributed by atoms with Gasteiger partial charge in [0.25, 0.3) is 10.0 Å². The molecule has 0 aromatic carbocycles. The summed E-state index contributed by atoms with van der Waals surface area (Å²) >= 11 is 5.67. The van der Waals surface area contributed by atoms with Crippen molar-refractivity contribution in [1.82, 2.24) is 9.21 Å². The molecule has 0 bridgehead atoms. The fourth-order valence-corrected chi connectivity index (χ4v) is 4.77. The summed E-state index contributed by atoms with van der Waals surface area (Å²) in [6, 6.07) is 3.47. The van der Waals surface area contributed by atoms with Crippen molar-refractivity contribution in [2.75, 3.05) is 26.2 Å². The van der Waals surface area contributed by atoms with Crippen LogP contribution in [0.15, 0.2) is 21.6 Å². The van der Waals surface area contributed by atoms with Crippen molar-refractivity contribution in [2.45, 2.75) is 42.7 Å². The molecule has 2 saturated heterocycles. The van der Waals surface area contributed by atoms with Gasteiger partial charge in [0.1, 0.15) is 5.76 Å². The van der Waals surface area contributed by atoms with E-state index in [2.05, 4.69) is 4.90 Å². The molecule has 1 atom stereocenters. The lowest BCUT2D eigenvalue weighted by molar-refractivity contribution is 0.169. The van der Waals surface area contributed by atoms with E-state index in [0.717, 1.165) is 19.5 Å². The van der Waals surface area contributed by atoms with Gasteiger partial charge in [-0.1, -0.05) is 6.42 Å². The van der Waals surface area contributed by atoms with Crippen LogP contribution in [0.5, 0.6) is 0 Å². The molecule has 2 aliphatic heterocycles. The van der Waals surface area contributed by atoms with Crippen molar-refractivity contribution in [3.63, 3.8) is 0 Å². The highest BCUT2D eigenvalue weighted by molar-refractivity contribution is 7.89. The number of piperidine rings is 1. The number of alkyl halides is 1. The molecule has 0 saturated carbocycles. The van der Waals surface area contributed by atoms with Crippen LogP contribution in [-0.4, -0.2) is 49.8 Å². The van der Waals surface area contributed by atoms with Crippen LogP contribution in [0.1, 0.15) is 31.4 Å². The van der Waals surface area contributed by atoms with Crippen LogP contribution in [-0.2, 0) is 15.9 Å². The van der Waals surface area contributed by atoms with Crippen molar-refractivity contribution in [2.24, 2.45) is 0 Å². The van der Waals surface area contributed by atoms with E-state index >= 15 is 0 Å². The molecule has 0 N–H and O–H groups in total. The van der Waals surface area contributed by atoms with Crippen LogP contribution in [0.3, 0.4) is 0 Å². The van der Waals surface area contributed by atoms with Gasteiger partial charge in [0.15, 0.2) is 0 Å². The molecule has 0 aliphatic carbocycles. The monoisotopic (exact) mass is 332 g/mol. The molecule has 0 amide bonds. The predicted molar refractivity (Wildman–Crippen MR) is 80.9 cm³/mol. The highest BCUT2D eigenvalue weighted by atomic mass is 35.5. The van der Waals surface area contributed by atoms with Crippen LogP contribution in [0.4, 0.5) is 0 Å². The quantitative estimate of drug-likeness (QED) is 0.794. The molecule has 2 aliphatic rings. The first-order valence-corrected chi connectivity index (χ1v) is 9.47. The molecular formula is C14H21ClN2O3S. The van der Waals surface area contributed by atoms with Crippen LogP contribution in [0.25, 0.3) is 0 Å². The average molecular weight is 333 g/mol. The molecule has 1 aromatic heterocycles. The lowest BCUT2D eigenvalue weighted by Gasteiger charge is -2.32. The zero-order chi connectivity index (χ0) is 14.9. The largest absolute Gasteiger partial charge is 0.447 e. The molecule has 1 unspecified atom stereocenters. The van der Waals surface area contributed by atoms with Gasteiger partial charge in [0.2, 0.25) is 5.09 Å². The first kappa shape index (κ1) is 15.3. The third kappa shape index (κ3) is 3.13. The van der Waals surface area contributed by atoms with Gasteiger partial charge in [-0.05, 0) is 44.5 Å². The Balaban J connectivity index is 1.69. The second kappa shape index (κ2) is 6.28. The molecule has 2 fully saturated rings. The van der Waals surface area contributed by atoms with E-state index in [1.165, 1.54) is 25.3 Å². The van der Waals surface area contributed by atoms with Crippen molar-refractivity contribution in [1.29, 1.82) is 0 Å². The normalized spacial score (nSPS) is 25.5. The topological polar surface area (TPSA) is 53.8 Å². The number of sulfonamides is 1. The smallest absolute Gasteiger partial charge is 0.276 e. The molecule has 7 heteroatoms. The van der Waals surface area contributed by atoms with Gasteiger partial charge in [-0.3, -0.25) is 4.90 Å². The minimum absolute atomic E-state index is 0.0115. The van der Waals surface area contributed by atoms with E-state index in [-0.39, 0.29) is 11.0 Å². The van der Waals surface area contributed by atoms with Gasteiger partial charge >= 0.3 is 0 Å². The predicted octanol–water partition coefficient (Wildman–Crippen LogP) is 2.27. The average Bonchev–Trinajstić information content (AvgIpc) is 3.18. The highest BCUT2D eigenvalue weighted by Gasteiger charge is 2.36. The number of hydrogen-bond acceptors (Lipinski definition) is 4. The second-order valence-electron chi connectivity index (χ2n) is 5.76. The van der Waals surface area contributed by atoms with Crippen molar-refractivity contribution in [3.8, 4) is 0 Å². The Morgan fingerprint density at radius 2 is 1.95 bits per heavy atom. The maximum absolute atomic E-state index is 12.6.